The van der Waals surface area contributed by atoms with Crippen LogP contribution in [0.15, 0.2) is 30.6 Å². The number of nitrogens with zero attached hydrogens (tertiary/aromatic N) is 2. The van der Waals surface area contributed by atoms with Gasteiger partial charge in [0, 0.05) is 30.4 Å². The number of hydrogen-bond acceptors (Lipinski definition) is 3. The molecule has 0 aliphatic heterocycles. The van der Waals surface area contributed by atoms with Crippen LogP contribution in [-0.2, 0) is 13.1 Å². The van der Waals surface area contributed by atoms with Crippen molar-refractivity contribution in [1.29, 1.82) is 0 Å². The number of rotatable bonds is 6. The molecule has 0 fully saturated rings. The molecular formula is C14H17FN4O. The number of benzene rings is 1. The van der Waals surface area contributed by atoms with Crippen molar-refractivity contribution >= 4 is 5.91 Å². The van der Waals surface area contributed by atoms with Gasteiger partial charge in [0.05, 0.1) is 12.7 Å². The van der Waals surface area contributed by atoms with Crippen LogP contribution in [0.25, 0.3) is 0 Å². The minimum Gasteiger partial charge on any atom is -0.366 e. The number of hydrogen-bond donors (Lipinski definition) is 2. The fourth-order valence-electron chi connectivity index (χ4n) is 1.87. The van der Waals surface area contributed by atoms with Gasteiger partial charge in [-0.05, 0) is 30.7 Å². The average Bonchev–Trinajstić information content (AvgIpc) is 2.82. The maximum atomic E-state index is 13.6. The van der Waals surface area contributed by atoms with Crippen LogP contribution in [0.2, 0.25) is 0 Å². The van der Waals surface area contributed by atoms with Gasteiger partial charge in [-0.2, -0.15) is 5.10 Å². The molecule has 2 rings (SSSR count). The summed E-state index contributed by atoms with van der Waals surface area (Å²) in [7, 11) is 0. The fourth-order valence-corrected chi connectivity index (χ4v) is 1.87. The molecule has 3 N–H and O–H groups in total. The first-order chi connectivity index (χ1) is 9.56. The van der Waals surface area contributed by atoms with E-state index < -0.39 is 5.91 Å². The van der Waals surface area contributed by atoms with E-state index >= 15 is 0 Å². The summed E-state index contributed by atoms with van der Waals surface area (Å²) >= 11 is 0. The molecule has 0 atom stereocenters. The van der Waals surface area contributed by atoms with Crippen LogP contribution in [0.3, 0.4) is 0 Å². The summed E-state index contributed by atoms with van der Waals surface area (Å²) in [5.41, 5.74) is 7.01. The summed E-state index contributed by atoms with van der Waals surface area (Å²) in [6.45, 7) is 3.67. The molecule has 1 aromatic carbocycles. The second kappa shape index (κ2) is 6.29. The quantitative estimate of drug-likeness (QED) is 0.779. The van der Waals surface area contributed by atoms with Crippen LogP contribution in [-0.4, -0.2) is 22.2 Å². The summed E-state index contributed by atoms with van der Waals surface area (Å²) in [6, 6.07) is 4.12. The van der Waals surface area contributed by atoms with Gasteiger partial charge >= 0.3 is 0 Å². The Morgan fingerprint density at radius 1 is 1.50 bits per heavy atom. The Morgan fingerprint density at radius 3 is 2.95 bits per heavy atom. The van der Waals surface area contributed by atoms with Crippen LogP contribution in [0.5, 0.6) is 0 Å². The van der Waals surface area contributed by atoms with E-state index in [0.29, 0.717) is 30.8 Å². The zero-order valence-electron chi connectivity index (χ0n) is 11.3. The Labute approximate surface area is 116 Å². The Bertz CT molecular complexity index is 609. The molecule has 20 heavy (non-hydrogen) atoms. The molecule has 1 amide bonds. The number of primary amides is 1. The number of nitrogens with two attached hydrogens (primary N) is 1. The summed E-state index contributed by atoms with van der Waals surface area (Å²) in [5, 5.41) is 7.27. The second-order valence-corrected chi connectivity index (χ2v) is 4.63. The highest BCUT2D eigenvalue weighted by Crippen LogP contribution is 2.10. The largest absolute Gasteiger partial charge is 0.366 e. The van der Waals surface area contributed by atoms with Gasteiger partial charge in [0.1, 0.15) is 5.82 Å². The molecule has 0 aliphatic carbocycles. The van der Waals surface area contributed by atoms with E-state index in [1.807, 2.05) is 17.8 Å². The lowest BCUT2D eigenvalue weighted by molar-refractivity contribution is 0.1000. The van der Waals surface area contributed by atoms with E-state index in [-0.39, 0.29) is 5.82 Å². The maximum absolute atomic E-state index is 13.6. The van der Waals surface area contributed by atoms with Gasteiger partial charge in [-0.15, -0.1) is 0 Å². The zero-order valence-corrected chi connectivity index (χ0v) is 11.3. The molecule has 0 radical (unpaired) electrons. The molecule has 1 heterocycles. The van der Waals surface area contributed by atoms with Gasteiger partial charge in [0.15, 0.2) is 0 Å². The zero-order chi connectivity index (χ0) is 14.5. The first kappa shape index (κ1) is 14.2. The Morgan fingerprint density at radius 2 is 2.30 bits per heavy atom. The SMILES string of the molecule is Cc1cnn(CCNCc2cc(C(N)=O)ccc2F)c1. The lowest BCUT2D eigenvalue weighted by Gasteiger charge is -2.07. The van der Waals surface area contributed by atoms with Crippen molar-refractivity contribution in [2.75, 3.05) is 6.54 Å². The predicted octanol–water partition coefficient (Wildman–Crippen LogP) is 1.22. The van der Waals surface area contributed by atoms with Crippen molar-refractivity contribution < 1.29 is 9.18 Å². The molecule has 0 aliphatic rings. The van der Waals surface area contributed by atoms with Crippen molar-refractivity contribution in [2.45, 2.75) is 20.0 Å². The van der Waals surface area contributed by atoms with Crippen molar-refractivity contribution in [2.24, 2.45) is 5.73 Å². The molecule has 1 aromatic heterocycles. The molecule has 0 unspecified atom stereocenters. The first-order valence-corrected chi connectivity index (χ1v) is 6.34. The molecule has 2 aromatic rings. The lowest BCUT2D eigenvalue weighted by atomic mass is 10.1. The Hall–Kier alpha value is -2.21. The molecule has 106 valence electrons. The first-order valence-electron chi connectivity index (χ1n) is 6.34. The molecular weight excluding hydrogens is 259 g/mol. The van der Waals surface area contributed by atoms with Crippen molar-refractivity contribution in [3.8, 4) is 0 Å². The van der Waals surface area contributed by atoms with Gasteiger partial charge in [-0.25, -0.2) is 4.39 Å². The number of aryl methyl sites for hydroxylation is 1. The highest BCUT2D eigenvalue weighted by molar-refractivity contribution is 5.92. The van der Waals surface area contributed by atoms with E-state index in [1.54, 1.807) is 6.20 Å². The standard InChI is InChI=1S/C14H17FN4O/c1-10-7-18-19(9-10)5-4-17-8-12-6-11(14(16)20)2-3-13(12)15/h2-3,6-7,9,17H,4-5,8H2,1H3,(H2,16,20). The molecule has 6 heteroatoms. The molecule has 0 saturated carbocycles. The minimum atomic E-state index is -0.557. The van der Waals surface area contributed by atoms with Gasteiger partial charge < -0.3 is 11.1 Å². The number of halogens is 1. The Balaban J connectivity index is 1.87. The second-order valence-electron chi connectivity index (χ2n) is 4.63. The minimum absolute atomic E-state index is 0.311. The van der Waals surface area contributed by atoms with Crippen molar-refractivity contribution in [3.63, 3.8) is 0 Å². The van der Waals surface area contributed by atoms with Gasteiger partial charge in [0.2, 0.25) is 5.91 Å². The molecule has 0 saturated heterocycles. The van der Waals surface area contributed by atoms with Gasteiger partial charge in [-0.1, -0.05) is 0 Å². The summed E-state index contributed by atoms with van der Waals surface area (Å²) in [6.07, 6.45) is 3.73. The summed E-state index contributed by atoms with van der Waals surface area (Å²) < 4.78 is 15.4. The highest BCUT2D eigenvalue weighted by atomic mass is 19.1. The highest BCUT2D eigenvalue weighted by Gasteiger charge is 2.06. The predicted molar refractivity (Wildman–Crippen MR) is 73.6 cm³/mol. The van der Waals surface area contributed by atoms with Crippen LogP contribution in [0, 0.1) is 12.7 Å². The third-order valence-corrected chi connectivity index (χ3v) is 2.93. The Kier molecular flexibility index (Phi) is 4.47. The van der Waals surface area contributed by atoms with E-state index in [9.17, 15) is 9.18 Å². The monoisotopic (exact) mass is 276 g/mol. The number of nitrogens with one attached hydrogen (secondary N) is 1. The van der Waals surface area contributed by atoms with E-state index in [2.05, 4.69) is 10.4 Å². The number of aromatic nitrogens is 2. The van der Waals surface area contributed by atoms with Crippen molar-refractivity contribution in [3.05, 3.63) is 53.1 Å². The molecule has 5 nitrogen and oxygen atoms in total. The van der Waals surface area contributed by atoms with E-state index in [4.69, 9.17) is 5.73 Å². The normalized spacial score (nSPS) is 10.7. The smallest absolute Gasteiger partial charge is 0.248 e. The summed E-state index contributed by atoms with van der Waals surface area (Å²) in [5.74, 6) is -0.907. The number of carbonyl (C=O) groups excluding carboxylic acids is 1. The van der Waals surface area contributed by atoms with Crippen LogP contribution < -0.4 is 11.1 Å². The molecule has 0 spiro atoms. The third kappa shape index (κ3) is 3.64. The van der Waals surface area contributed by atoms with Crippen molar-refractivity contribution in [1.82, 2.24) is 15.1 Å². The van der Waals surface area contributed by atoms with E-state index in [1.165, 1.54) is 18.2 Å². The fraction of sp³-hybridized carbons (Fsp3) is 0.286. The topological polar surface area (TPSA) is 72.9 Å². The number of amides is 1. The van der Waals surface area contributed by atoms with Gasteiger partial charge in [0.25, 0.3) is 0 Å². The van der Waals surface area contributed by atoms with Gasteiger partial charge in [-0.3, -0.25) is 9.48 Å². The van der Waals surface area contributed by atoms with Crippen LogP contribution in [0.4, 0.5) is 4.39 Å². The number of carbonyl (C=O) groups is 1. The lowest BCUT2D eigenvalue weighted by Crippen LogP contribution is -2.21. The summed E-state index contributed by atoms with van der Waals surface area (Å²) in [4.78, 5) is 11.0. The van der Waals surface area contributed by atoms with Crippen LogP contribution in [0.1, 0.15) is 21.5 Å². The van der Waals surface area contributed by atoms with E-state index in [0.717, 1.165) is 5.56 Å². The third-order valence-electron chi connectivity index (χ3n) is 2.93. The molecule has 0 bridgehead atoms. The maximum Gasteiger partial charge on any atom is 0.248 e. The van der Waals surface area contributed by atoms with Crippen LogP contribution >= 0.6 is 0 Å². The average molecular weight is 276 g/mol.